The topological polar surface area (TPSA) is 116 Å². The van der Waals surface area contributed by atoms with E-state index in [1.54, 1.807) is 18.2 Å². The number of amides is 1. The van der Waals surface area contributed by atoms with Gasteiger partial charge in [0.2, 0.25) is 0 Å². The van der Waals surface area contributed by atoms with Gasteiger partial charge < -0.3 is 10.4 Å². The molecular weight excluding hydrogens is 298 g/mol. The highest BCUT2D eigenvalue weighted by molar-refractivity contribution is 6.09. The van der Waals surface area contributed by atoms with Crippen LogP contribution in [0.2, 0.25) is 0 Å². The number of non-ortho nitro benzene ring substituents is 1. The molecule has 0 aliphatic carbocycles. The van der Waals surface area contributed by atoms with E-state index in [9.17, 15) is 20.0 Å². The number of phenolic OH excluding ortho intramolecular Hbond substituents is 1. The maximum Gasteiger partial charge on any atom is 0.271 e. The molecule has 7 heteroatoms. The van der Waals surface area contributed by atoms with Gasteiger partial charge in [-0.15, -0.1) is 0 Å². The van der Waals surface area contributed by atoms with Crippen molar-refractivity contribution in [2.24, 2.45) is 0 Å². The molecule has 0 aromatic heterocycles. The lowest BCUT2D eigenvalue weighted by molar-refractivity contribution is -0.384. The second-order valence-corrected chi connectivity index (χ2v) is 4.52. The number of nitrogens with zero attached hydrogens (tertiary/aromatic N) is 2. The largest absolute Gasteiger partial charge is 0.508 e. The van der Waals surface area contributed by atoms with Crippen molar-refractivity contribution in [1.82, 2.24) is 0 Å². The first-order valence-corrected chi connectivity index (χ1v) is 6.46. The molecule has 0 saturated carbocycles. The summed E-state index contributed by atoms with van der Waals surface area (Å²) in [5, 5.41) is 31.4. The Hall–Kier alpha value is -3.66. The summed E-state index contributed by atoms with van der Waals surface area (Å²) in [6.07, 6.45) is 1.35. The fourth-order valence-electron chi connectivity index (χ4n) is 1.78. The van der Waals surface area contributed by atoms with Crippen LogP contribution in [0.5, 0.6) is 5.75 Å². The van der Waals surface area contributed by atoms with Crippen molar-refractivity contribution in [3.05, 3.63) is 69.8 Å². The first kappa shape index (κ1) is 15.7. The van der Waals surface area contributed by atoms with E-state index < -0.39 is 10.8 Å². The second kappa shape index (κ2) is 6.87. The number of nitrogens with one attached hydrogen (secondary N) is 1. The lowest BCUT2D eigenvalue weighted by Gasteiger charge is -2.04. The number of hydrogen-bond donors (Lipinski definition) is 2. The van der Waals surface area contributed by atoms with Gasteiger partial charge >= 0.3 is 0 Å². The normalized spacial score (nSPS) is 10.7. The zero-order chi connectivity index (χ0) is 16.8. The molecule has 0 saturated heterocycles. The lowest BCUT2D eigenvalue weighted by Crippen LogP contribution is -2.13. The molecule has 1 amide bonds. The third kappa shape index (κ3) is 4.15. The van der Waals surface area contributed by atoms with Crippen LogP contribution in [0.15, 0.2) is 54.1 Å². The standard InChI is InChI=1S/C16H11N3O4/c17-10-12(8-11-4-6-15(20)7-5-11)16(21)18-13-2-1-3-14(9-13)19(22)23/h1-9,20H,(H,18,21)/b12-8-. The van der Waals surface area contributed by atoms with Gasteiger partial charge in [-0.3, -0.25) is 14.9 Å². The van der Waals surface area contributed by atoms with E-state index in [2.05, 4.69) is 5.32 Å². The predicted octanol–water partition coefficient (Wildman–Crippen LogP) is 2.85. The molecule has 23 heavy (non-hydrogen) atoms. The summed E-state index contributed by atoms with van der Waals surface area (Å²) in [7, 11) is 0. The molecule has 0 unspecified atom stereocenters. The Bertz CT molecular complexity index is 820. The molecule has 0 aliphatic rings. The number of carbonyl (C=O) groups excluding carboxylic acids is 1. The Morgan fingerprint density at radius 2 is 1.96 bits per heavy atom. The molecule has 2 aromatic rings. The minimum atomic E-state index is -0.680. The molecule has 0 heterocycles. The summed E-state index contributed by atoms with van der Waals surface area (Å²) >= 11 is 0. The smallest absolute Gasteiger partial charge is 0.271 e. The molecule has 2 rings (SSSR count). The Morgan fingerprint density at radius 1 is 1.26 bits per heavy atom. The Labute approximate surface area is 131 Å². The highest BCUT2D eigenvalue weighted by Gasteiger charge is 2.12. The number of anilines is 1. The summed E-state index contributed by atoms with van der Waals surface area (Å²) in [6, 6.07) is 13.2. The van der Waals surface area contributed by atoms with Crippen LogP contribution >= 0.6 is 0 Å². The number of aromatic hydroxyl groups is 1. The fraction of sp³-hybridized carbons (Fsp3) is 0. The average molecular weight is 309 g/mol. The van der Waals surface area contributed by atoms with Crippen LogP contribution in [0.25, 0.3) is 6.08 Å². The summed E-state index contributed by atoms with van der Waals surface area (Å²) < 4.78 is 0. The van der Waals surface area contributed by atoms with Crippen molar-refractivity contribution in [2.75, 3.05) is 5.32 Å². The average Bonchev–Trinajstić information content (AvgIpc) is 2.54. The van der Waals surface area contributed by atoms with Gasteiger partial charge in [-0.1, -0.05) is 18.2 Å². The minimum absolute atomic E-state index is 0.0710. The fourth-order valence-corrected chi connectivity index (χ4v) is 1.78. The van der Waals surface area contributed by atoms with E-state index >= 15 is 0 Å². The molecule has 114 valence electrons. The van der Waals surface area contributed by atoms with Gasteiger partial charge in [0.15, 0.2) is 0 Å². The van der Waals surface area contributed by atoms with Gasteiger partial charge in [0.1, 0.15) is 17.4 Å². The molecule has 0 spiro atoms. The maximum atomic E-state index is 12.1. The molecule has 2 aromatic carbocycles. The van der Waals surface area contributed by atoms with E-state index in [-0.39, 0.29) is 22.7 Å². The van der Waals surface area contributed by atoms with Crippen LogP contribution < -0.4 is 5.32 Å². The van der Waals surface area contributed by atoms with Crippen molar-refractivity contribution in [1.29, 1.82) is 5.26 Å². The molecule has 0 fully saturated rings. The SMILES string of the molecule is N#C/C(=C/c1ccc(O)cc1)C(=O)Nc1cccc([N+](=O)[O-])c1. The van der Waals surface area contributed by atoms with Crippen LogP contribution in [0, 0.1) is 21.4 Å². The molecule has 0 bridgehead atoms. The highest BCUT2D eigenvalue weighted by atomic mass is 16.6. The van der Waals surface area contributed by atoms with E-state index in [0.717, 1.165) is 0 Å². The summed E-state index contributed by atoms with van der Waals surface area (Å²) in [6.45, 7) is 0. The Morgan fingerprint density at radius 3 is 2.57 bits per heavy atom. The third-order valence-electron chi connectivity index (χ3n) is 2.88. The zero-order valence-electron chi connectivity index (χ0n) is 11.8. The number of hydrogen-bond acceptors (Lipinski definition) is 5. The monoisotopic (exact) mass is 309 g/mol. The van der Waals surface area contributed by atoms with Crippen molar-refractivity contribution < 1.29 is 14.8 Å². The number of nitriles is 1. The number of nitro benzene ring substituents is 1. The van der Waals surface area contributed by atoms with Crippen molar-refractivity contribution >= 4 is 23.4 Å². The number of benzene rings is 2. The zero-order valence-corrected chi connectivity index (χ0v) is 11.8. The summed E-state index contributed by atoms with van der Waals surface area (Å²) in [5.41, 5.74) is 0.454. The van der Waals surface area contributed by atoms with E-state index in [0.29, 0.717) is 5.56 Å². The first-order valence-electron chi connectivity index (χ1n) is 6.46. The summed E-state index contributed by atoms with van der Waals surface area (Å²) in [5.74, 6) is -0.609. The number of nitro groups is 1. The van der Waals surface area contributed by atoms with Crippen molar-refractivity contribution in [3.63, 3.8) is 0 Å². The van der Waals surface area contributed by atoms with Crippen LogP contribution in [0.1, 0.15) is 5.56 Å². The number of carbonyl (C=O) groups is 1. The van der Waals surface area contributed by atoms with Crippen LogP contribution in [-0.2, 0) is 4.79 Å². The van der Waals surface area contributed by atoms with Crippen molar-refractivity contribution in [3.8, 4) is 11.8 Å². The highest BCUT2D eigenvalue weighted by Crippen LogP contribution is 2.18. The van der Waals surface area contributed by atoms with Crippen LogP contribution in [0.3, 0.4) is 0 Å². The van der Waals surface area contributed by atoms with Crippen LogP contribution in [-0.4, -0.2) is 15.9 Å². The minimum Gasteiger partial charge on any atom is -0.508 e. The lowest BCUT2D eigenvalue weighted by atomic mass is 10.1. The van der Waals surface area contributed by atoms with Gasteiger partial charge in [0.05, 0.1) is 4.92 Å². The second-order valence-electron chi connectivity index (χ2n) is 4.52. The molecule has 2 N–H and O–H groups in total. The van der Waals surface area contributed by atoms with E-state index in [1.165, 1.54) is 42.5 Å². The first-order chi connectivity index (χ1) is 11.0. The van der Waals surface area contributed by atoms with E-state index in [1.807, 2.05) is 0 Å². The number of rotatable bonds is 4. The quantitative estimate of drug-likeness (QED) is 0.390. The molecular formula is C16H11N3O4. The molecule has 7 nitrogen and oxygen atoms in total. The summed E-state index contributed by atoms with van der Waals surface area (Å²) in [4.78, 5) is 22.2. The molecule has 0 radical (unpaired) electrons. The third-order valence-corrected chi connectivity index (χ3v) is 2.88. The Kier molecular flexibility index (Phi) is 4.69. The molecule has 0 atom stereocenters. The Balaban J connectivity index is 2.21. The van der Waals surface area contributed by atoms with Gasteiger partial charge in [0, 0.05) is 17.8 Å². The predicted molar refractivity (Wildman–Crippen MR) is 83.4 cm³/mol. The number of phenols is 1. The maximum absolute atomic E-state index is 12.1. The van der Waals surface area contributed by atoms with Crippen LogP contribution in [0.4, 0.5) is 11.4 Å². The van der Waals surface area contributed by atoms with Gasteiger partial charge in [-0.25, -0.2) is 0 Å². The molecule has 0 aliphatic heterocycles. The van der Waals surface area contributed by atoms with Gasteiger partial charge in [0.25, 0.3) is 11.6 Å². The van der Waals surface area contributed by atoms with Gasteiger partial charge in [-0.2, -0.15) is 5.26 Å². The van der Waals surface area contributed by atoms with Crippen molar-refractivity contribution in [2.45, 2.75) is 0 Å². The van der Waals surface area contributed by atoms with Gasteiger partial charge in [-0.05, 0) is 29.8 Å². The van der Waals surface area contributed by atoms with E-state index in [4.69, 9.17) is 5.26 Å².